The van der Waals surface area contributed by atoms with Crippen LogP contribution in [0.2, 0.25) is 10.2 Å². The van der Waals surface area contributed by atoms with Crippen molar-refractivity contribution in [1.29, 1.82) is 0 Å². The number of benzene rings is 1. The molecule has 0 saturated carbocycles. The highest BCUT2D eigenvalue weighted by Crippen LogP contribution is 2.35. The standard InChI is InChI=1S/C13H12Cl2N2/c14-8-4-5-11-10(7-8)12-9(13(15)17-11)3-1-2-6-16-12/h4-5,7,16H,1-3,6H2. The largest absolute Gasteiger partial charge is 0.384 e. The number of halogens is 2. The van der Waals surface area contributed by atoms with Crippen LogP contribution in [0.25, 0.3) is 10.9 Å². The molecule has 0 aliphatic carbocycles. The van der Waals surface area contributed by atoms with Crippen molar-refractivity contribution in [3.8, 4) is 0 Å². The molecule has 1 aliphatic heterocycles. The molecule has 1 aliphatic rings. The molecule has 2 aromatic rings. The molecule has 4 heteroatoms. The Labute approximate surface area is 110 Å². The molecule has 1 N–H and O–H groups in total. The summed E-state index contributed by atoms with van der Waals surface area (Å²) in [6.45, 7) is 0.981. The van der Waals surface area contributed by atoms with Gasteiger partial charge in [-0.25, -0.2) is 4.98 Å². The van der Waals surface area contributed by atoms with Gasteiger partial charge < -0.3 is 5.32 Å². The van der Waals surface area contributed by atoms with E-state index in [2.05, 4.69) is 10.3 Å². The number of fused-ring (bicyclic) bond motifs is 3. The first-order chi connectivity index (χ1) is 8.25. The molecule has 3 rings (SSSR count). The van der Waals surface area contributed by atoms with Crippen molar-refractivity contribution in [1.82, 2.24) is 4.98 Å². The van der Waals surface area contributed by atoms with E-state index in [0.717, 1.165) is 53.0 Å². The Bertz CT molecular complexity index is 581. The van der Waals surface area contributed by atoms with E-state index in [1.807, 2.05) is 18.2 Å². The molecule has 0 spiro atoms. The maximum absolute atomic E-state index is 6.25. The zero-order chi connectivity index (χ0) is 11.8. The summed E-state index contributed by atoms with van der Waals surface area (Å²) in [5, 5.41) is 5.87. The van der Waals surface area contributed by atoms with E-state index in [0.29, 0.717) is 5.15 Å². The van der Waals surface area contributed by atoms with Crippen molar-refractivity contribution in [3.63, 3.8) is 0 Å². The van der Waals surface area contributed by atoms with Crippen LogP contribution in [0.3, 0.4) is 0 Å². The molecular weight excluding hydrogens is 255 g/mol. The van der Waals surface area contributed by atoms with Gasteiger partial charge >= 0.3 is 0 Å². The summed E-state index contributed by atoms with van der Waals surface area (Å²) in [5.41, 5.74) is 3.13. The minimum absolute atomic E-state index is 0.615. The van der Waals surface area contributed by atoms with E-state index in [1.54, 1.807) is 0 Å². The number of rotatable bonds is 0. The fraction of sp³-hybridized carbons (Fsp3) is 0.308. The van der Waals surface area contributed by atoms with E-state index >= 15 is 0 Å². The van der Waals surface area contributed by atoms with Crippen molar-refractivity contribution in [2.24, 2.45) is 0 Å². The highest BCUT2D eigenvalue weighted by atomic mass is 35.5. The first-order valence-corrected chi connectivity index (χ1v) is 6.53. The van der Waals surface area contributed by atoms with E-state index in [1.165, 1.54) is 0 Å². The lowest BCUT2D eigenvalue weighted by Gasteiger charge is -2.12. The summed E-state index contributed by atoms with van der Waals surface area (Å²) in [7, 11) is 0. The second-order valence-electron chi connectivity index (χ2n) is 4.30. The van der Waals surface area contributed by atoms with E-state index < -0.39 is 0 Å². The predicted octanol–water partition coefficient (Wildman–Crippen LogP) is 4.29. The van der Waals surface area contributed by atoms with Crippen LogP contribution in [0.1, 0.15) is 18.4 Å². The van der Waals surface area contributed by atoms with Gasteiger partial charge in [-0.1, -0.05) is 23.2 Å². The highest BCUT2D eigenvalue weighted by Gasteiger charge is 2.16. The van der Waals surface area contributed by atoms with Crippen LogP contribution >= 0.6 is 23.2 Å². The monoisotopic (exact) mass is 266 g/mol. The van der Waals surface area contributed by atoms with Gasteiger partial charge in [-0.05, 0) is 37.5 Å². The first kappa shape index (κ1) is 11.1. The van der Waals surface area contributed by atoms with Gasteiger partial charge in [0, 0.05) is 28.2 Å². The van der Waals surface area contributed by atoms with Crippen molar-refractivity contribution < 1.29 is 0 Å². The smallest absolute Gasteiger partial charge is 0.135 e. The Kier molecular flexibility index (Phi) is 2.85. The number of nitrogens with one attached hydrogen (secondary N) is 1. The summed E-state index contributed by atoms with van der Waals surface area (Å²) in [6.07, 6.45) is 3.29. The molecule has 2 heterocycles. The quantitative estimate of drug-likeness (QED) is 0.720. The van der Waals surface area contributed by atoms with Gasteiger partial charge in [-0.2, -0.15) is 0 Å². The average Bonchev–Trinajstić information content (AvgIpc) is 2.56. The fourth-order valence-corrected chi connectivity index (χ4v) is 2.77. The van der Waals surface area contributed by atoms with Crippen LogP contribution in [-0.2, 0) is 6.42 Å². The molecule has 0 radical (unpaired) electrons. The topological polar surface area (TPSA) is 24.9 Å². The molecular formula is C13H12Cl2N2. The molecule has 0 unspecified atom stereocenters. The van der Waals surface area contributed by atoms with Gasteiger partial charge in [0.15, 0.2) is 0 Å². The lowest BCUT2D eigenvalue weighted by molar-refractivity contribution is 0.784. The van der Waals surface area contributed by atoms with Gasteiger partial charge in [-0.15, -0.1) is 0 Å². The van der Waals surface area contributed by atoms with Gasteiger partial charge in [0.2, 0.25) is 0 Å². The molecule has 0 fully saturated rings. The molecule has 1 aromatic carbocycles. The third-order valence-corrected chi connectivity index (χ3v) is 3.70. The minimum atomic E-state index is 0.615. The second-order valence-corrected chi connectivity index (χ2v) is 5.10. The molecule has 0 atom stereocenters. The number of aromatic nitrogens is 1. The van der Waals surface area contributed by atoms with Gasteiger partial charge in [-0.3, -0.25) is 0 Å². The molecule has 0 bridgehead atoms. The number of hydrogen-bond donors (Lipinski definition) is 1. The molecule has 1 aromatic heterocycles. The van der Waals surface area contributed by atoms with Crippen molar-refractivity contribution >= 4 is 39.8 Å². The number of hydrogen-bond acceptors (Lipinski definition) is 2. The van der Waals surface area contributed by atoms with Crippen LogP contribution in [0.15, 0.2) is 18.2 Å². The summed E-state index contributed by atoms with van der Waals surface area (Å²) in [4.78, 5) is 4.44. The first-order valence-electron chi connectivity index (χ1n) is 5.77. The van der Waals surface area contributed by atoms with Crippen LogP contribution in [0.5, 0.6) is 0 Å². The Morgan fingerprint density at radius 1 is 1.18 bits per heavy atom. The molecule has 2 nitrogen and oxygen atoms in total. The zero-order valence-corrected chi connectivity index (χ0v) is 10.8. The normalized spacial score (nSPS) is 15.2. The highest BCUT2D eigenvalue weighted by molar-refractivity contribution is 6.32. The number of anilines is 1. The van der Waals surface area contributed by atoms with Crippen LogP contribution < -0.4 is 5.32 Å². The Hall–Kier alpha value is -0.990. The maximum Gasteiger partial charge on any atom is 0.135 e. The summed E-state index contributed by atoms with van der Waals surface area (Å²) in [6, 6.07) is 5.71. The third kappa shape index (κ3) is 1.96. The lowest BCUT2D eigenvalue weighted by Crippen LogP contribution is -2.02. The average molecular weight is 267 g/mol. The van der Waals surface area contributed by atoms with Gasteiger partial charge in [0.1, 0.15) is 5.15 Å². The summed E-state index contributed by atoms with van der Waals surface area (Å²) in [5.74, 6) is 0. The van der Waals surface area contributed by atoms with Gasteiger partial charge in [0.25, 0.3) is 0 Å². The predicted molar refractivity (Wildman–Crippen MR) is 73.2 cm³/mol. The van der Waals surface area contributed by atoms with Crippen molar-refractivity contribution in [3.05, 3.63) is 33.9 Å². The van der Waals surface area contributed by atoms with E-state index in [9.17, 15) is 0 Å². The van der Waals surface area contributed by atoms with Crippen LogP contribution in [0.4, 0.5) is 5.69 Å². The SMILES string of the molecule is Clc1ccc2nc(Cl)c3c(c2c1)NCCCC3. The lowest BCUT2D eigenvalue weighted by atomic mass is 10.1. The molecule has 88 valence electrons. The Morgan fingerprint density at radius 3 is 2.94 bits per heavy atom. The maximum atomic E-state index is 6.25. The Balaban J connectivity index is 2.33. The van der Waals surface area contributed by atoms with Crippen molar-refractivity contribution in [2.75, 3.05) is 11.9 Å². The van der Waals surface area contributed by atoms with E-state index in [4.69, 9.17) is 23.2 Å². The zero-order valence-electron chi connectivity index (χ0n) is 9.26. The van der Waals surface area contributed by atoms with Crippen LogP contribution in [-0.4, -0.2) is 11.5 Å². The third-order valence-electron chi connectivity index (χ3n) is 3.15. The fourth-order valence-electron chi connectivity index (χ4n) is 2.32. The summed E-state index contributed by atoms with van der Waals surface area (Å²) < 4.78 is 0. The van der Waals surface area contributed by atoms with Gasteiger partial charge in [0.05, 0.1) is 5.52 Å². The molecule has 17 heavy (non-hydrogen) atoms. The minimum Gasteiger partial charge on any atom is -0.384 e. The number of nitrogens with zero attached hydrogens (tertiary/aromatic N) is 1. The molecule has 0 amide bonds. The van der Waals surface area contributed by atoms with E-state index in [-0.39, 0.29) is 0 Å². The van der Waals surface area contributed by atoms with Crippen LogP contribution in [0, 0.1) is 0 Å². The van der Waals surface area contributed by atoms with Crippen molar-refractivity contribution in [2.45, 2.75) is 19.3 Å². The second kappa shape index (κ2) is 4.35. The number of pyridine rings is 1. The molecule has 0 saturated heterocycles. The Morgan fingerprint density at radius 2 is 2.06 bits per heavy atom. The summed E-state index contributed by atoms with van der Waals surface area (Å²) >= 11 is 12.3.